The number of hydrogen-bond donors (Lipinski definition) is 3. The van der Waals surface area contributed by atoms with Crippen LogP contribution in [0, 0.1) is 0 Å². The van der Waals surface area contributed by atoms with Gasteiger partial charge in [0.25, 0.3) is 0 Å². The molecule has 1 aromatic rings. The molecule has 4 N–H and O–H groups in total. The predicted molar refractivity (Wildman–Crippen MR) is 75.1 cm³/mol. The fourth-order valence-electron chi connectivity index (χ4n) is 1.35. The summed E-state index contributed by atoms with van der Waals surface area (Å²) in [6.45, 7) is 2.05. The zero-order chi connectivity index (χ0) is 14.8. The van der Waals surface area contributed by atoms with Gasteiger partial charge >= 0.3 is 12.1 Å². The average molecular weight is 278 g/mol. The number of rotatable bonds is 6. The van der Waals surface area contributed by atoms with Gasteiger partial charge in [0.15, 0.2) is 0 Å². The molecule has 0 spiro atoms. The summed E-state index contributed by atoms with van der Waals surface area (Å²) in [7, 11) is 0. The minimum Gasteiger partial charge on any atom is -0.445 e. The lowest BCUT2D eigenvalue weighted by Crippen LogP contribution is -2.36. The lowest BCUT2D eigenvalue weighted by molar-refractivity contribution is 0.138. The first kappa shape index (κ1) is 15.5. The highest BCUT2D eigenvalue weighted by molar-refractivity contribution is 5.77. The molecule has 0 aliphatic carbocycles. The maximum Gasteiger partial charge on any atom is 0.407 e. The van der Waals surface area contributed by atoms with Crippen LogP contribution in [-0.4, -0.2) is 24.4 Å². The molecule has 0 aliphatic rings. The van der Waals surface area contributed by atoms with E-state index >= 15 is 0 Å². The van der Waals surface area contributed by atoms with Gasteiger partial charge in [-0.05, 0) is 12.0 Å². The minimum absolute atomic E-state index is 0.194. The fourth-order valence-corrected chi connectivity index (χ4v) is 1.35. The van der Waals surface area contributed by atoms with Crippen molar-refractivity contribution in [3.63, 3.8) is 0 Å². The molecule has 1 rings (SSSR count). The number of carbonyl (C=O) groups is 2. The van der Waals surface area contributed by atoms with Gasteiger partial charge in [0, 0.05) is 6.21 Å². The Hall–Kier alpha value is -2.57. The van der Waals surface area contributed by atoms with Crippen molar-refractivity contribution in [2.45, 2.75) is 26.0 Å². The van der Waals surface area contributed by atoms with E-state index in [1.807, 2.05) is 37.3 Å². The topological polar surface area (TPSA) is 106 Å². The van der Waals surface area contributed by atoms with Crippen molar-refractivity contribution in [3.05, 3.63) is 35.9 Å². The van der Waals surface area contributed by atoms with Crippen LogP contribution in [0.4, 0.5) is 9.59 Å². The second-order valence-corrected chi connectivity index (χ2v) is 3.98. The van der Waals surface area contributed by atoms with E-state index in [1.54, 1.807) is 0 Å². The largest absolute Gasteiger partial charge is 0.445 e. The number of nitrogens with zero attached hydrogens (tertiary/aromatic N) is 1. The fraction of sp³-hybridized carbons (Fsp3) is 0.308. The summed E-state index contributed by atoms with van der Waals surface area (Å²) in [5, 5.41) is 6.20. The molecule has 0 radical (unpaired) electrons. The van der Waals surface area contributed by atoms with E-state index in [2.05, 4.69) is 15.8 Å². The monoisotopic (exact) mass is 278 g/mol. The summed E-state index contributed by atoms with van der Waals surface area (Å²) < 4.78 is 5.06. The molecule has 0 heterocycles. The van der Waals surface area contributed by atoms with E-state index in [4.69, 9.17) is 10.5 Å². The lowest BCUT2D eigenvalue weighted by atomic mass is 10.2. The predicted octanol–water partition coefficient (Wildman–Crippen LogP) is 1.35. The Labute approximate surface area is 117 Å². The highest BCUT2D eigenvalue weighted by Gasteiger charge is 2.09. The van der Waals surface area contributed by atoms with E-state index in [-0.39, 0.29) is 12.6 Å². The molecular weight excluding hydrogens is 260 g/mol. The molecule has 0 fully saturated rings. The molecule has 108 valence electrons. The third kappa shape index (κ3) is 6.39. The zero-order valence-corrected chi connectivity index (χ0v) is 11.2. The summed E-state index contributed by atoms with van der Waals surface area (Å²) in [4.78, 5) is 22.0. The Bertz CT molecular complexity index is 462. The van der Waals surface area contributed by atoms with Gasteiger partial charge in [0.05, 0.1) is 6.04 Å². The van der Waals surface area contributed by atoms with E-state index in [9.17, 15) is 9.59 Å². The summed E-state index contributed by atoms with van der Waals surface area (Å²) in [6.07, 6.45) is 1.44. The van der Waals surface area contributed by atoms with Crippen LogP contribution in [0.5, 0.6) is 0 Å². The molecule has 0 aliphatic heterocycles. The molecule has 3 amide bonds. The molecular formula is C13H18N4O3. The number of ether oxygens (including phenoxy) is 1. The molecule has 20 heavy (non-hydrogen) atoms. The number of hydrazone groups is 1. The van der Waals surface area contributed by atoms with Crippen molar-refractivity contribution >= 4 is 18.3 Å². The third-order valence-electron chi connectivity index (χ3n) is 2.39. The first-order valence-corrected chi connectivity index (χ1v) is 6.17. The number of primary amides is 1. The number of benzene rings is 1. The molecule has 1 atom stereocenters. The van der Waals surface area contributed by atoms with Gasteiger partial charge < -0.3 is 15.8 Å². The first-order chi connectivity index (χ1) is 9.61. The summed E-state index contributed by atoms with van der Waals surface area (Å²) in [6, 6.07) is 8.25. The van der Waals surface area contributed by atoms with Crippen LogP contribution in [0.1, 0.15) is 18.9 Å². The highest BCUT2D eigenvalue weighted by atomic mass is 16.5. The van der Waals surface area contributed by atoms with Gasteiger partial charge in [-0.2, -0.15) is 5.10 Å². The molecule has 7 heteroatoms. The number of nitrogens with two attached hydrogens (primary N) is 1. The second kappa shape index (κ2) is 8.52. The number of nitrogens with one attached hydrogen (secondary N) is 2. The van der Waals surface area contributed by atoms with Crippen LogP contribution < -0.4 is 16.5 Å². The van der Waals surface area contributed by atoms with Crippen molar-refractivity contribution in [2.75, 3.05) is 0 Å². The van der Waals surface area contributed by atoms with Crippen LogP contribution in [0.3, 0.4) is 0 Å². The maximum atomic E-state index is 11.6. The van der Waals surface area contributed by atoms with E-state index < -0.39 is 12.1 Å². The summed E-state index contributed by atoms with van der Waals surface area (Å²) in [5.41, 5.74) is 7.82. The Morgan fingerprint density at radius 2 is 2.10 bits per heavy atom. The van der Waals surface area contributed by atoms with Gasteiger partial charge in [-0.1, -0.05) is 37.3 Å². The van der Waals surface area contributed by atoms with Crippen molar-refractivity contribution in [3.8, 4) is 0 Å². The third-order valence-corrected chi connectivity index (χ3v) is 2.39. The van der Waals surface area contributed by atoms with Crippen LogP contribution in [0.15, 0.2) is 35.4 Å². The summed E-state index contributed by atoms with van der Waals surface area (Å²) in [5.74, 6) is 0. The van der Waals surface area contributed by atoms with Crippen molar-refractivity contribution in [2.24, 2.45) is 10.8 Å². The number of hydrogen-bond acceptors (Lipinski definition) is 4. The number of alkyl carbamates (subject to hydrolysis) is 1. The second-order valence-electron chi connectivity index (χ2n) is 3.98. The Morgan fingerprint density at radius 1 is 1.40 bits per heavy atom. The molecule has 0 bridgehead atoms. The van der Waals surface area contributed by atoms with Crippen LogP contribution in [0.2, 0.25) is 0 Å². The Balaban J connectivity index is 2.35. The zero-order valence-electron chi connectivity index (χ0n) is 11.2. The molecule has 1 aromatic carbocycles. The van der Waals surface area contributed by atoms with E-state index in [0.29, 0.717) is 6.42 Å². The van der Waals surface area contributed by atoms with Crippen LogP contribution >= 0.6 is 0 Å². The van der Waals surface area contributed by atoms with Gasteiger partial charge in [0.2, 0.25) is 0 Å². The molecule has 0 saturated heterocycles. The molecule has 0 saturated carbocycles. The van der Waals surface area contributed by atoms with Crippen LogP contribution in [-0.2, 0) is 11.3 Å². The number of urea groups is 1. The molecule has 1 unspecified atom stereocenters. The first-order valence-electron chi connectivity index (χ1n) is 6.17. The van der Waals surface area contributed by atoms with Crippen molar-refractivity contribution in [1.29, 1.82) is 0 Å². The normalized spacial score (nSPS) is 11.8. The Kier molecular flexibility index (Phi) is 6.60. The quantitative estimate of drug-likeness (QED) is 0.540. The van der Waals surface area contributed by atoms with Gasteiger partial charge in [-0.15, -0.1) is 0 Å². The number of carbonyl (C=O) groups excluding carboxylic acids is 2. The molecule has 0 aromatic heterocycles. The Morgan fingerprint density at radius 3 is 2.70 bits per heavy atom. The smallest absolute Gasteiger partial charge is 0.407 e. The van der Waals surface area contributed by atoms with E-state index in [1.165, 1.54) is 6.21 Å². The standard InChI is InChI=1S/C13H18N4O3/c1-2-11(8-15-17-12(14)18)16-13(19)20-9-10-6-4-3-5-7-10/h3-8,11H,2,9H2,1H3,(H,16,19)(H3,14,17,18)/b15-8+. The van der Waals surface area contributed by atoms with Crippen LogP contribution in [0.25, 0.3) is 0 Å². The van der Waals surface area contributed by atoms with Gasteiger partial charge in [-0.25, -0.2) is 15.0 Å². The maximum absolute atomic E-state index is 11.6. The average Bonchev–Trinajstić information content (AvgIpc) is 2.44. The van der Waals surface area contributed by atoms with Gasteiger partial charge in [-0.3, -0.25) is 0 Å². The summed E-state index contributed by atoms with van der Waals surface area (Å²) >= 11 is 0. The molecule has 7 nitrogen and oxygen atoms in total. The van der Waals surface area contributed by atoms with Crippen molar-refractivity contribution < 1.29 is 14.3 Å². The van der Waals surface area contributed by atoms with E-state index in [0.717, 1.165) is 5.56 Å². The minimum atomic E-state index is -0.761. The SMILES string of the molecule is CCC(/C=N/NC(N)=O)NC(=O)OCc1ccccc1. The van der Waals surface area contributed by atoms with Gasteiger partial charge in [0.1, 0.15) is 6.61 Å². The lowest BCUT2D eigenvalue weighted by Gasteiger charge is -2.12. The van der Waals surface area contributed by atoms with Crippen molar-refractivity contribution in [1.82, 2.24) is 10.7 Å². The highest BCUT2D eigenvalue weighted by Crippen LogP contribution is 2.00. The number of amides is 3.